The molecule has 10 nitrogen and oxygen atoms in total. The Kier molecular flexibility index (Phi) is 7.43. The molecule has 1 aliphatic rings. The first-order valence-electron chi connectivity index (χ1n) is 13.4. The van der Waals surface area contributed by atoms with Gasteiger partial charge in [0.2, 0.25) is 0 Å². The van der Waals surface area contributed by atoms with Gasteiger partial charge in [-0.25, -0.2) is 15.0 Å². The van der Waals surface area contributed by atoms with E-state index in [1.54, 1.807) is 23.0 Å². The first-order chi connectivity index (χ1) is 20.0. The Morgan fingerprint density at radius 1 is 0.951 bits per heavy atom. The smallest absolute Gasteiger partial charge is 0.251 e. The molecule has 0 saturated carbocycles. The summed E-state index contributed by atoms with van der Waals surface area (Å²) < 4.78 is 7.67. The van der Waals surface area contributed by atoms with Crippen LogP contribution < -0.4 is 10.6 Å². The van der Waals surface area contributed by atoms with Crippen LogP contribution in [0.1, 0.15) is 35.1 Å². The average molecular weight is 551 g/mol. The van der Waals surface area contributed by atoms with E-state index in [9.17, 15) is 15.0 Å². The number of amides is 1. The third-order valence-electron chi connectivity index (χ3n) is 7.39. The molecule has 10 heteroatoms. The lowest BCUT2D eigenvalue weighted by Crippen LogP contribution is -2.46. The summed E-state index contributed by atoms with van der Waals surface area (Å²) in [5.74, 6) is 0.167. The highest BCUT2D eigenvalue weighted by atomic mass is 16.5. The monoisotopic (exact) mass is 550 g/mol. The van der Waals surface area contributed by atoms with E-state index in [0.29, 0.717) is 22.5 Å². The molecular weight excluding hydrogens is 520 g/mol. The van der Waals surface area contributed by atoms with Crippen molar-refractivity contribution in [2.24, 2.45) is 0 Å². The van der Waals surface area contributed by atoms with Crippen molar-refractivity contribution in [2.75, 3.05) is 11.9 Å². The van der Waals surface area contributed by atoms with Gasteiger partial charge in [0.15, 0.2) is 23.2 Å². The van der Waals surface area contributed by atoms with E-state index in [1.165, 1.54) is 6.33 Å². The second kappa shape index (κ2) is 11.5. The predicted molar refractivity (Wildman–Crippen MR) is 154 cm³/mol. The van der Waals surface area contributed by atoms with Gasteiger partial charge >= 0.3 is 0 Å². The fourth-order valence-electron chi connectivity index (χ4n) is 5.14. The van der Waals surface area contributed by atoms with Crippen molar-refractivity contribution in [3.8, 4) is 11.1 Å². The summed E-state index contributed by atoms with van der Waals surface area (Å²) in [7, 11) is 0. The zero-order valence-corrected chi connectivity index (χ0v) is 22.3. The van der Waals surface area contributed by atoms with Gasteiger partial charge in [0.25, 0.3) is 5.91 Å². The molecule has 3 aromatic carbocycles. The number of fused-ring (bicyclic) bond motifs is 1. The second-order valence-electron chi connectivity index (χ2n) is 10.0. The van der Waals surface area contributed by atoms with Crippen LogP contribution in [0.2, 0.25) is 0 Å². The SMILES string of the molecule is C[C@@H](Nc1ncnc2c1ncn2[C@@H]1O[C@H](CO)[C@@H](O)[C@H]1NC(=O)c1ccc(-c2ccccc2)cc1)c1ccccc1. The maximum absolute atomic E-state index is 13.3. The Morgan fingerprint density at radius 2 is 1.63 bits per heavy atom. The number of nitrogens with one attached hydrogen (secondary N) is 2. The Hall–Kier alpha value is -4.64. The molecule has 5 atom stereocenters. The van der Waals surface area contributed by atoms with Crippen molar-refractivity contribution < 1.29 is 19.7 Å². The second-order valence-corrected chi connectivity index (χ2v) is 10.0. The normalized spacial score (nSPS) is 21.0. The Labute approximate surface area is 236 Å². The predicted octanol–water partition coefficient (Wildman–Crippen LogP) is 3.72. The lowest BCUT2D eigenvalue weighted by atomic mass is 10.0. The summed E-state index contributed by atoms with van der Waals surface area (Å²) in [5.41, 5.74) is 4.53. The highest BCUT2D eigenvalue weighted by Gasteiger charge is 2.46. The quantitative estimate of drug-likeness (QED) is 0.230. The number of aromatic nitrogens is 4. The largest absolute Gasteiger partial charge is 0.394 e. The van der Waals surface area contributed by atoms with Crippen molar-refractivity contribution in [3.63, 3.8) is 0 Å². The maximum atomic E-state index is 13.3. The van der Waals surface area contributed by atoms with Crippen molar-refractivity contribution >= 4 is 22.9 Å². The van der Waals surface area contributed by atoms with Crippen molar-refractivity contribution in [1.82, 2.24) is 24.8 Å². The molecule has 208 valence electrons. The van der Waals surface area contributed by atoms with Crippen molar-refractivity contribution in [1.29, 1.82) is 0 Å². The summed E-state index contributed by atoms with van der Waals surface area (Å²) >= 11 is 0. The van der Waals surface area contributed by atoms with Gasteiger partial charge in [-0.05, 0) is 35.7 Å². The van der Waals surface area contributed by atoms with E-state index in [-0.39, 0.29) is 11.9 Å². The molecular formula is C31H30N6O4. The van der Waals surface area contributed by atoms with E-state index in [0.717, 1.165) is 16.7 Å². The Morgan fingerprint density at radius 3 is 2.34 bits per heavy atom. The number of nitrogens with zero attached hydrogens (tertiary/aromatic N) is 4. The van der Waals surface area contributed by atoms with Crippen LogP contribution >= 0.6 is 0 Å². The third kappa shape index (κ3) is 5.28. The molecule has 2 aromatic heterocycles. The molecule has 1 fully saturated rings. The summed E-state index contributed by atoms with van der Waals surface area (Å²) in [4.78, 5) is 26.6. The summed E-state index contributed by atoms with van der Waals surface area (Å²) in [5, 5.41) is 27.2. The van der Waals surface area contributed by atoms with Crippen LogP contribution in [-0.4, -0.2) is 60.5 Å². The van der Waals surface area contributed by atoms with Gasteiger partial charge in [0.1, 0.15) is 24.6 Å². The molecule has 1 aliphatic heterocycles. The molecule has 0 bridgehead atoms. The van der Waals surface area contributed by atoms with Gasteiger partial charge in [-0.1, -0.05) is 72.8 Å². The number of hydrogen-bond donors (Lipinski definition) is 4. The Balaban J connectivity index is 1.25. The first kappa shape index (κ1) is 26.6. The lowest BCUT2D eigenvalue weighted by Gasteiger charge is -2.23. The standard InChI is InChI=1S/C31H30N6O4/c1-19(20-8-4-2-5-9-20)35-28-26-29(33-17-32-28)37(18-34-26)31-25(27(39)24(16-38)41-31)36-30(40)23-14-12-22(13-15-23)21-10-6-3-7-11-21/h2-15,17-19,24-25,27,31,38-39H,16H2,1H3,(H,36,40)(H,32,33,35)/t19-,24-,25-,27-,31-/m1/s1. The van der Waals surface area contributed by atoms with E-state index < -0.39 is 31.1 Å². The van der Waals surface area contributed by atoms with E-state index in [1.807, 2.05) is 79.7 Å². The number of carbonyl (C=O) groups is 1. The summed E-state index contributed by atoms with van der Waals surface area (Å²) in [6, 6.07) is 26.2. The number of hydrogen-bond acceptors (Lipinski definition) is 8. The van der Waals surface area contributed by atoms with Crippen LogP contribution in [-0.2, 0) is 4.74 Å². The number of benzene rings is 3. The summed E-state index contributed by atoms with van der Waals surface area (Å²) in [6.07, 6.45) is 0.0438. The van der Waals surface area contributed by atoms with E-state index >= 15 is 0 Å². The third-order valence-corrected chi connectivity index (χ3v) is 7.39. The van der Waals surface area contributed by atoms with E-state index in [2.05, 4.69) is 25.6 Å². The minimum atomic E-state index is -1.16. The van der Waals surface area contributed by atoms with Crippen LogP contribution in [0.15, 0.2) is 97.6 Å². The van der Waals surface area contributed by atoms with Gasteiger partial charge < -0.3 is 25.6 Å². The molecule has 1 amide bonds. The number of imidazole rings is 1. The van der Waals surface area contributed by atoms with E-state index in [4.69, 9.17) is 4.74 Å². The molecule has 0 aliphatic carbocycles. The van der Waals surface area contributed by atoms with Crippen LogP contribution in [0, 0.1) is 0 Å². The topological polar surface area (TPSA) is 134 Å². The maximum Gasteiger partial charge on any atom is 0.251 e. The lowest BCUT2D eigenvalue weighted by molar-refractivity contribution is -0.0440. The minimum Gasteiger partial charge on any atom is -0.394 e. The zero-order valence-electron chi connectivity index (χ0n) is 22.3. The molecule has 0 radical (unpaired) electrons. The minimum absolute atomic E-state index is 0.0388. The zero-order chi connectivity index (χ0) is 28.3. The van der Waals surface area contributed by atoms with Gasteiger partial charge in [-0.2, -0.15) is 0 Å². The van der Waals surface area contributed by atoms with Crippen molar-refractivity contribution in [2.45, 2.75) is 37.4 Å². The molecule has 41 heavy (non-hydrogen) atoms. The Bertz CT molecular complexity index is 1630. The van der Waals surface area contributed by atoms with Crippen LogP contribution in [0.25, 0.3) is 22.3 Å². The number of rotatable bonds is 8. The number of ether oxygens (including phenoxy) is 1. The summed E-state index contributed by atoms with van der Waals surface area (Å²) in [6.45, 7) is 1.61. The number of carbonyl (C=O) groups excluding carboxylic acids is 1. The highest BCUT2D eigenvalue weighted by Crippen LogP contribution is 2.33. The number of aliphatic hydroxyl groups is 2. The number of anilines is 1. The average Bonchev–Trinajstić information content (AvgIpc) is 3.59. The molecule has 0 unspecified atom stereocenters. The highest BCUT2D eigenvalue weighted by molar-refractivity contribution is 5.95. The molecule has 5 aromatic rings. The number of aliphatic hydroxyl groups excluding tert-OH is 2. The van der Waals surface area contributed by atoms with Gasteiger partial charge in [0.05, 0.1) is 19.0 Å². The van der Waals surface area contributed by atoms with Gasteiger partial charge in [-0.15, -0.1) is 0 Å². The fraction of sp³-hybridized carbons (Fsp3) is 0.226. The van der Waals surface area contributed by atoms with Crippen LogP contribution in [0.3, 0.4) is 0 Å². The van der Waals surface area contributed by atoms with Crippen LogP contribution in [0.4, 0.5) is 5.82 Å². The molecule has 4 N–H and O–H groups in total. The molecule has 6 rings (SSSR count). The molecule has 0 spiro atoms. The van der Waals surface area contributed by atoms with Gasteiger partial charge in [0, 0.05) is 5.56 Å². The van der Waals surface area contributed by atoms with Crippen molar-refractivity contribution in [3.05, 3.63) is 109 Å². The first-order valence-corrected chi connectivity index (χ1v) is 13.4. The molecule has 1 saturated heterocycles. The van der Waals surface area contributed by atoms with Gasteiger partial charge in [-0.3, -0.25) is 9.36 Å². The molecule has 3 heterocycles. The van der Waals surface area contributed by atoms with Crippen LogP contribution in [0.5, 0.6) is 0 Å². The fourth-order valence-corrected chi connectivity index (χ4v) is 5.14.